The lowest BCUT2D eigenvalue weighted by atomic mass is 9.52. The maximum absolute atomic E-state index is 2.44. The Labute approximate surface area is 344 Å². The summed E-state index contributed by atoms with van der Waals surface area (Å²) in [5.41, 5.74) is 22.4. The Hall–Kier alpha value is -7.48. The molecule has 59 heavy (non-hydrogen) atoms. The summed E-state index contributed by atoms with van der Waals surface area (Å²) in [6.07, 6.45) is 0. The molecule has 0 aliphatic heterocycles. The fourth-order valence-corrected chi connectivity index (χ4v) is 11.6. The van der Waals surface area contributed by atoms with Crippen molar-refractivity contribution >= 4 is 10.9 Å². The van der Waals surface area contributed by atoms with Gasteiger partial charge in [-0.2, -0.15) is 0 Å². The number of benzene rings is 9. The van der Waals surface area contributed by atoms with Gasteiger partial charge in [-0.05, 0) is 108 Å². The smallest absolute Gasteiger partial charge is 0.0720 e. The van der Waals surface area contributed by atoms with Crippen molar-refractivity contribution in [2.45, 2.75) is 10.8 Å². The van der Waals surface area contributed by atoms with Crippen LogP contribution in [0.5, 0.6) is 0 Å². The zero-order valence-corrected chi connectivity index (χ0v) is 32.3. The topological polar surface area (TPSA) is 4.93 Å². The van der Waals surface area contributed by atoms with Crippen molar-refractivity contribution in [3.63, 3.8) is 0 Å². The van der Waals surface area contributed by atoms with E-state index in [2.05, 4.69) is 229 Å². The largest absolute Gasteiger partial charge is 0.309 e. The number of hydrogen-bond donors (Lipinski definition) is 0. The van der Waals surface area contributed by atoms with Crippen LogP contribution in [0.1, 0.15) is 44.5 Å². The van der Waals surface area contributed by atoms with E-state index in [4.69, 9.17) is 0 Å². The van der Waals surface area contributed by atoms with Crippen LogP contribution in [-0.2, 0) is 10.8 Å². The van der Waals surface area contributed by atoms with Gasteiger partial charge in [-0.1, -0.05) is 200 Å². The van der Waals surface area contributed by atoms with Crippen molar-refractivity contribution < 1.29 is 0 Å². The fourth-order valence-electron chi connectivity index (χ4n) is 11.6. The second-order valence-corrected chi connectivity index (χ2v) is 16.3. The summed E-state index contributed by atoms with van der Waals surface area (Å²) in [6.45, 7) is 0. The molecule has 1 spiro atoms. The van der Waals surface area contributed by atoms with E-state index < -0.39 is 10.8 Å². The Balaban J connectivity index is 1.06. The molecule has 13 rings (SSSR count). The highest BCUT2D eigenvalue weighted by Crippen LogP contribution is 2.69. The van der Waals surface area contributed by atoms with Crippen LogP contribution in [0.2, 0.25) is 0 Å². The second-order valence-electron chi connectivity index (χ2n) is 16.3. The normalized spacial score (nSPS) is 17.6. The predicted molar refractivity (Wildman–Crippen MR) is 242 cm³/mol. The van der Waals surface area contributed by atoms with Crippen LogP contribution >= 0.6 is 0 Å². The first-order valence-corrected chi connectivity index (χ1v) is 20.7. The molecule has 1 nitrogen and oxygen atoms in total. The number of nitrogens with zero attached hydrogens (tertiary/aromatic N) is 1. The summed E-state index contributed by atoms with van der Waals surface area (Å²) in [4.78, 5) is 0. The minimum Gasteiger partial charge on any atom is -0.309 e. The molecule has 1 heteroatoms. The third-order valence-electron chi connectivity index (χ3n) is 13.7. The van der Waals surface area contributed by atoms with Gasteiger partial charge in [0, 0.05) is 11.1 Å². The number of hydrogen-bond acceptors (Lipinski definition) is 0. The van der Waals surface area contributed by atoms with Gasteiger partial charge in [0.1, 0.15) is 0 Å². The summed E-state index contributed by atoms with van der Waals surface area (Å²) in [5, 5.41) is 1.23. The molecule has 0 saturated heterocycles. The van der Waals surface area contributed by atoms with E-state index in [1.807, 2.05) is 0 Å². The van der Waals surface area contributed by atoms with Gasteiger partial charge in [0.25, 0.3) is 0 Å². The average Bonchev–Trinajstić information content (AvgIpc) is 3.95. The summed E-state index contributed by atoms with van der Waals surface area (Å²) in [7, 11) is 0. The maximum Gasteiger partial charge on any atom is 0.0720 e. The van der Waals surface area contributed by atoms with Crippen LogP contribution in [0.3, 0.4) is 0 Å². The highest BCUT2D eigenvalue weighted by Gasteiger charge is 2.59. The first-order valence-electron chi connectivity index (χ1n) is 20.7. The van der Waals surface area contributed by atoms with E-state index in [0.717, 1.165) is 5.69 Å². The fraction of sp³-hybridized carbons (Fsp3) is 0.0345. The van der Waals surface area contributed by atoms with Crippen LogP contribution in [0.4, 0.5) is 0 Å². The van der Waals surface area contributed by atoms with E-state index in [1.165, 1.54) is 100 Å². The van der Waals surface area contributed by atoms with Gasteiger partial charge in [-0.3, -0.25) is 0 Å². The Morgan fingerprint density at radius 1 is 0.322 bits per heavy atom. The Morgan fingerprint density at radius 3 is 1.61 bits per heavy atom. The highest BCUT2D eigenvalue weighted by molar-refractivity contribution is 6.00. The van der Waals surface area contributed by atoms with Crippen LogP contribution in [0, 0.1) is 0 Å². The van der Waals surface area contributed by atoms with E-state index >= 15 is 0 Å². The second kappa shape index (κ2) is 12.0. The molecule has 0 fully saturated rings. The van der Waals surface area contributed by atoms with Crippen molar-refractivity contribution in [1.82, 2.24) is 4.57 Å². The van der Waals surface area contributed by atoms with Gasteiger partial charge in [-0.25, -0.2) is 0 Å². The van der Waals surface area contributed by atoms with Crippen LogP contribution < -0.4 is 0 Å². The highest BCUT2D eigenvalue weighted by atomic mass is 15.0. The molecule has 3 aliphatic rings. The molecule has 1 heterocycles. The SMILES string of the molecule is c1ccc(-n2c(-c3ccc(-c4cccc5c4-c4ccccc4C54c5ccccc5C5(c6ccccc6)c6ccccc6-c6cccc4c65)cc3)cc3ccccc32)cc1. The van der Waals surface area contributed by atoms with E-state index in [-0.39, 0.29) is 0 Å². The van der Waals surface area contributed by atoms with Gasteiger partial charge in [-0.15, -0.1) is 0 Å². The average molecular weight is 748 g/mol. The molecule has 0 N–H and O–H groups in total. The monoisotopic (exact) mass is 747 g/mol. The molecule has 9 aromatic carbocycles. The van der Waals surface area contributed by atoms with Crippen molar-refractivity contribution in [1.29, 1.82) is 0 Å². The molecule has 0 radical (unpaired) electrons. The summed E-state index contributed by atoms with van der Waals surface area (Å²) < 4.78 is 2.39. The molecule has 0 saturated carbocycles. The molecule has 3 aliphatic carbocycles. The van der Waals surface area contributed by atoms with Crippen molar-refractivity contribution in [2.24, 2.45) is 0 Å². The van der Waals surface area contributed by atoms with Crippen LogP contribution in [-0.4, -0.2) is 4.57 Å². The predicted octanol–water partition coefficient (Wildman–Crippen LogP) is 14.0. The number of aromatic nitrogens is 1. The maximum atomic E-state index is 2.44. The molecule has 2 atom stereocenters. The molecule has 274 valence electrons. The Kier molecular flexibility index (Phi) is 6.64. The number of para-hydroxylation sites is 2. The Morgan fingerprint density at radius 2 is 0.847 bits per heavy atom. The molecule has 2 unspecified atom stereocenters. The third-order valence-corrected chi connectivity index (χ3v) is 13.7. The molecular weight excluding hydrogens is 711 g/mol. The molecule has 0 amide bonds. The summed E-state index contributed by atoms with van der Waals surface area (Å²) in [6, 6.07) is 84.1. The van der Waals surface area contributed by atoms with Crippen molar-refractivity contribution in [2.75, 3.05) is 0 Å². The van der Waals surface area contributed by atoms with Gasteiger partial charge < -0.3 is 4.57 Å². The minimum atomic E-state index is -0.513. The van der Waals surface area contributed by atoms with Crippen LogP contribution in [0.15, 0.2) is 224 Å². The zero-order valence-electron chi connectivity index (χ0n) is 32.3. The van der Waals surface area contributed by atoms with Gasteiger partial charge in [0.15, 0.2) is 0 Å². The van der Waals surface area contributed by atoms with E-state index in [0.29, 0.717) is 0 Å². The summed E-state index contributed by atoms with van der Waals surface area (Å²) in [5.74, 6) is 0. The lowest BCUT2D eigenvalue weighted by molar-refractivity contribution is 0.636. The van der Waals surface area contributed by atoms with Gasteiger partial charge in [0.05, 0.1) is 22.0 Å². The summed E-state index contributed by atoms with van der Waals surface area (Å²) >= 11 is 0. The molecule has 1 aromatic heterocycles. The van der Waals surface area contributed by atoms with E-state index in [1.54, 1.807) is 0 Å². The number of rotatable bonds is 4. The van der Waals surface area contributed by atoms with Crippen LogP contribution in [0.25, 0.3) is 61.2 Å². The standard InChI is InChI=1S/C58H37N/c1-3-18-41(19-4-1)57-47-26-10-8-22-44(47)45-25-16-31-52(56(45)57)58(50-29-13-12-28-49(50)57)48-27-11-9-23-46(48)55-43(24-15-30-51(55)58)38-33-35-39(36-34-38)54-37-40-17-7-14-32-53(40)59(54)42-20-5-2-6-21-42/h1-37H. The lowest BCUT2D eigenvalue weighted by Crippen LogP contribution is -2.43. The molecule has 0 bridgehead atoms. The minimum absolute atomic E-state index is 0.445. The third kappa shape index (κ3) is 4.09. The quantitative estimate of drug-likeness (QED) is 0.169. The van der Waals surface area contributed by atoms with Gasteiger partial charge in [0.2, 0.25) is 0 Å². The zero-order chi connectivity index (χ0) is 38.7. The first-order chi connectivity index (χ1) is 29.3. The van der Waals surface area contributed by atoms with Crippen molar-refractivity contribution in [3.05, 3.63) is 269 Å². The van der Waals surface area contributed by atoms with Gasteiger partial charge >= 0.3 is 0 Å². The Bertz CT molecular complexity index is 3320. The molecular formula is C58H37N. The van der Waals surface area contributed by atoms with E-state index in [9.17, 15) is 0 Å². The number of fused-ring (bicyclic) bond motifs is 13. The first kappa shape index (κ1) is 32.6. The molecule has 10 aromatic rings. The lowest BCUT2D eigenvalue weighted by Gasteiger charge is -2.48. The van der Waals surface area contributed by atoms with Crippen molar-refractivity contribution in [3.8, 4) is 50.3 Å².